The van der Waals surface area contributed by atoms with E-state index in [1.807, 2.05) is 32.0 Å². The van der Waals surface area contributed by atoms with Gasteiger partial charge < -0.3 is 14.8 Å². The van der Waals surface area contributed by atoms with Gasteiger partial charge in [-0.1, -0.05) is 35.3 Å². The van der Waals surface area contributed by atoms with Crippen LogP contribution in [0.15, 0.2) is 60.2 Å². The van der Waals surface area contributed by atoms with Crippen LogP contribution >= 0.6 is 23.2 Å². The molecule has 0 saturated carbocycles. The van der Waals surface area contributed by atoms with E-state index in [9.17, 15) is 19.2 Å². The van der Waals surface area contributed by atoms with Crippen LogP contribution < -0.4 is 25.0 Å². The van der Waals surface area contributed by atoms with E-state index in [0.29, 0.717) is 16.3 Å². The topological polar surface area (TPSA) is 114 Å². The number of urea groups is 1. The summed E-state index contributed by atoms with van der Waals surface area (Å²) in [6, 6.07) is 13.8. The number of nitrogens with zero attached hydrogens (tertiary/aromatic N) is 1. The fourth-order valence-corrected chi connectivity index (χ4v) is 4.32. The number of benzene rings is 3. The predicted octanol–water partition coefficient (Wildman–Crippen LogP) is 5.69. The third-order valence-corrected chi connectivity index (χ3v) is 6.38. The molecule has 11 heteroatoms. The molecule has 1 aliphatic heterocycles. The molecule has 1 heterocycles. The summed E-state index contributed by atoms with van der Waals surface area (Å²) in [6.45, 7) is 5.47. The zero-order valence-electron chi connectivity index (χ0n) is 21.8. The highest BCUT2D eigenvalue weighted by Crippen LogP contribution is 2.38. The van der Waals surface area contributed by atoms with E-state index in [2.05, 4.69) is 10.6 Å². The third-order valence-electron chi connectivity index (χ3n) is 5.84. The molecule has 0 bridgehead atoms. The average molecular weight is 582 g/mol. The quantitative estimate of drug-likeness (QED) is 0.261. The second-order valence-corrected chi connectivity index (χ2v) is 9.70. The summed E-state index contributed by atoms with van der Waals surface area (Å²) in [5.74, 6) is -1.75. The zero-order chi connectivity index (χ0) is 29.0. The first-order valence-electron chi connectivity index (χ1n) is 12.2. The summed E-state index contributed by atoms with van der Waals surface area (Å²) in [4.78, 5) is 51.6. The molecule has 4 rings (SSSR count). The van der Waals surface area contributed by atoms with E-state index >= 15 is 0 Å². The highest BCUT2D eigenvalue weighted by molar-refractivity contribution is 6.39. The molecule has 2 N–H and O–H groups in total. The monoisotopic (exact) mass is 581 g/mol. The first-order chi connectivity index (χ1) is 19.1. The van der Waals surface area contributed by atoms with Gasteiger partial charge in [0, 0.05) is 10.7 Å². The second kappa shape index (κ2) is 12.2. The fraction of sp³-hybridized carbons (Fsp3) is 0.172. The fourth-order valence-electron chi connectivity index (χ4n) is 3.92. The first-order valence-corrected chi connectivity index (χ1v) is 13.0. The number of rotatable bonds is 8. The van der Waals surface area contributed by atoms with Crippen molar-refractivity contribution < 1.29 is 28.7 Å². The van der Waals surface area contributed by atoms with Crippen molar-refractivity contribution in [2.24, 2.45) is 0 Å². The Morgan fingerprint density at radius 3 is 2.42 bits per heavy atom. The molecule has 0 unspecified atom stereocenters. The Morgan fingerprint density at radius 2 is 1.73 bits per heavy atom. The van der Waals surface area contributed by atoms with E-state index in [1.165, 1.54) is 42.5 Å². The van der Waals surface area contributed by atoms with Crippen LogP contribution in [0.5, 0.6) is 11.5 Å². The molecule has 5 amide bonds. The number of hydrogen-bond donors (Lipinski definition) is 2. The van der Waals surface area contributed by atoms with Gasteiger partial charge in [-0.2, -0.15) is 0 Å². The minimum Gasteiger partial charge on any atom is -0.490 e. The van der Waals surface area contributed by atoms with Crippen LogP contribution in [-0.2, 0) is 14.4 Å². The van der Waals surface area contributed by atoms with Gasteiger partial charge in [0.2, 0.25) is 0 Å². The third kappa shape index (κ3) is 6.44. The number of nitrogens with one attached hydrogen (secondary N) is 2. The molecule has 206 valence electrons. The van der Waals surface area contributed by atoms with Crippen LogP contribution in [0, 0.1) is 13.8 Å². The van der Waals surface area contributed by atoms with Gasteiger partial charge in [-0.3, -0.25) is 19.7 Å². The predicted molar refractivity (Wildman–Crippen MR) is 153 cm³/mol. The number of ether oxygens (including phenoxy) is 2. The number of carbonyl (C=O) groups excluding carboxylic acids is 4. The van der Waals surface area contributed by atoms with Gasteiger partial charge in [0.25, 0.3) is 17.7 Å². The van der Waals surface area contributed by atoms with Crippen molar-refractivity contribution in [3.63, 3.8) is 0 Å². The van der Waals surface area contributed by atoms with E-state index in [1.54, 1.807) is 6.92 Å². The minimum absolute atomic E-state index is 0.0895. The Balaban J connectivity index is 1.58. The van der Waals surface area contributed by atoms with Crippen LogP contribution in [0.2, 0.25) is 10.0 Å². The number of anilines is 2. The molecular formula is C29H25Cl2N3O6. The molecule has 0 aliphatic carbocycles. The summed E-state index contributed by atoms with van der Waals surface area (Å²) >= 11 is 12.4. The van der Waals surface area contributed by atoms with Gasteiger partial charge in [0.15, 0.2) is 18.1 Å². The SMILES string of the molecule is CCOc1cc(/C=C2/C(=O)NC(=O)N(c3ccc(Cl)cc3)C2=O)cc(Cl)c1OCC(=O)Nc1cc(C)ccc1C. The summed E-state index contributed by atoms with van der Waals surface area (Å²) < 4.78 is 11.4. The minimum atomic E-state index is -0.884. The molecule has 0 atom stereocenters. The van der Waals surface area contributed by atoms with Crippen molar-refractivity contribution in [1.29, 1.82) is 0 Å². The van der Waals surface area contributed by atoms with Gasteiger partial charge in [-0.05, 0) is 86.0 Å². The van der Waals surface area contributed by atoms with Crippen molar-refractivity contribution in [3.05, 3.63) is 86.9 Å². The lowest BCUT2D eigenvalue weighted by Gasteiger charge is -2.26. The summed E-state index contributed by atoms with van der Waals surface area (Å²) in [7, 11) is 0. The van der Waals surface area contributed by atoms with Crippen LogP contribution in [0.25, 0.3) is 6.08 Å². The molecular weight excluding hydrogens is 557 g/mol. The molecule has 9 nitrogen and oxygen atoms in total. The number of carbonyl (C=O) groups is 4. The van der Waals surface area contributed by atoms with Crippen molar-refractivity contribution >= 4 is 64.4 Å². The van der Waals surface area contributed by atoms with Crippen LogP contribution in [0.4, 0.5) is 16.2 Å². The van der Waals surface area contributed by atoms with Crippen molar-refractivity contribution in [3.8, 4) is 11.5 Å². The number of halogens is 2. The number of hydrogen-bond acceptors (Lipinski definition) is 6. The average Bonchev–Trinajstić information content (AvgIpc) is 2.89. The lowest BCUT2D eigenvalue weighted by molar-refractivity contribution is -0.122. The zero-order valence-corrected chi connectivity index (χ0v) is 23.4. The van der Waals surface area contributed by atoms with Crippen LogP contribution in [-0.4, -0.2) is 37.0 Å². The Bertz CT molecular complexity index is 1540. The van der Waals surface area contributed by atoms with Gasteiger partial charge in [-0.15, -0.1) is 0 Å². The highest BCUT2D eigenvalue weighted by atomic mass is 35.5. The maximum Gasteiger partial charge on any atom is 0.335 e. The van der Waals surface area contributed by atoms with Crippen LogP contribution in [0.3, 0.4) is 0 Å². The first kappa shape index (κ1) is 28.7. The second-order valence-electron chi connectivity index (χ2n) is 8.85. The number of amides is 5. The molecule has 1 saturated heterocycles. The van der Waals surface area contributed by atoms with Crippen molar-refractivity contribution in [2.45, 2.75) is 20.8 Å². The normalized spacial score (nSPS) is 14.3. The Morgan fingerprint density at radius 1 is 1.00 bits per heavy atom. The molecule has 40 heavy (non-hydrogen) atoms. The summed E-state index contributed by atoms with van der Waals surface area (Å²) in [5, 5.41) is 5.48. The Hall–Kier alpha value is -4.34. The van der Waals surface area contributed by atoms with E-state index < -0.39 is 23.8 Å². The molecule has 0 spiro atoms. The summed E-state index contributed by atoms with van der Waals surface area (Å²) in [5.41, 5.74) is 2.86. The molecule has 0 aromatic heterocycles. The Labute approximate surface area is 240 Å². The van der Waals surface area contributed by atoms with Gasteiger partial charge >= 0.3 is 6.03 Å². The van der Waals surface area contributed by atoms with Gasteiger partial charge in [0.1, 0.15) is 5.57 Å². The van der Waals surface area contributed by atoms with E-state index in [-0.39, 0.29) is 41.0 Å². The number of barbiturate groups is 1. The maximum absolute atomic E-state index is 13.2. The molecule has 3 aromatic rings. The Kier molecular flexibility index (Phi) is 8.77. The largest absolute Gasteiger partial charge is 0.490 e. The van der Waals surface area contributed by atoms with E-state index in [0.717, 1.165) is 16.0 Å². The number of aryl methyl sites for hydroxylation is 2. The van der Waals surface area contributed by atoms with Crippen molar-refractivity contribution in [1.82, 2.24) is 5.32 Å². The standard InChI is InChI=1S/C29H25Cl2N3O6/c1-4-39-24-14-18(12-21-27(36)33-29(38)34(28(21)37)20-9-7-19(30)8-10-20)13-22(31)26(24)40-15-25(35)32-23-11-16(2)5-6-17(23)3/h5-14H,4,15H2,1-3H3,(H,32,35)(H,33,36,38)/b21-12-. The maximum atomic E-state index is 13.2. The molecule has 0 radical (unpaired) electrons. The molecule has 1 aliphatic rings. The smallest absolute Gasteiger partial charge is 0.335 e. The van der Waals surface area contributed by atoms with Gasteiger partial charge in [0.05, 0.1) is 17.3 Å². The molecule has 3 aromatic carbocycles. The van der Waals surface area contributed by atoms with Crippen molar-refractivity contribution in [2.75, 3.05) is 23.4 Å². The van der Waals surface area contributed by atoms with Gasteiger partial charge in [-0.25, -0.2) is 9.69 Å². The van der Waals surface area contributed by atoms with Crippen LogP contribution in [0.1, 0.15) is 23.6 Å². The highest BCUT2D eigenvalue weighted by Gasteiger charge is 2.37. The number of imide groups is 2. The lowest BCUT2D eigenvalue weighted by Crippen LogP contribution is -2.54. The molecule has 1 fully saturated rings. The lowest BCUT2D eigenvalue weighted by atomic mass is 10.1. The summed E-state index contributed by atoms with van der Waals surface area (Å²) in [6.07, 6.45) is 1.29. The van der Waals surface area contributed by atoms with E-state index in [4.69, 9.17) is 32.7 Å².